The van der Waals surface area contributed by atoms with E-state index in [1.54, 1.807) is 0 Å². The quantitative estimate of drug-likeness (QED) is 0.733. The fraction of sp³-hybridized carbons (Fsp3) is 0.375. The zero-order chi connectivity index (χ0) is 13.3. The summed E-state index contributed by atoms with van der Waals surface area (Å²) >= 11 is 0. The van der Waals surface area contributed by atoms with E-state index in [9.17, 15) is 0 Å². The molecule has 2 heterocycles. The molecule has 0 aliphatic carbocycles. The second-order valence-corrected chi connectivity index (χ2v) is 5.53. The Morgan fingerprint density at radius 3 is 2.67 bits per heavy atom. The Balaban J connectivity index is 2.39. The number of fused-ring (bicyclic) bond motifs is 1. The van der Waals surface area contributed by atoms with Crippen molar-refractivity contribution in [1.82, 2.24) is 4.40 Å². The van der Waals surface area contributed by atoms with Crippen molar-refractivity contribution >= 4 is 5.52 Å². The molecule has 2 aromatic rings. The van der Waals surface area contributed by atoms with Crippen LogP contribution < -0.4 is 0 Å². The summed E-state index contributed by atoms with van der Waals surface area (Å²) in [6.07, 6.45) is 7.43. The first kappa shape index (κ1) is 12.7. The lowest BCUT2D eigenvalue weighted by Crippen LogP contribution is -2.19. The molecule has 2 nitrogen and oxygen atoms in total. The number of ether oxygens (including phenoxy) is 1. The van der Waals surface area contributed by atoms with Gasteiger partial charge >= 0.3 is 0 Å². The van der Waals surface area contributed by atoms with Crippen LogP contribution in [0.2, 0.25) is 0 Å². The maximum Gasteiger partial charge on any atom is 0.0881 e. The van der Waals surface area contributed by atoms with E-state index < -0.39 is 0 Å². The van der Waals surface area contributed by atoms with Gasteiger partial charge in [0.25, 0.3) is 0 Å². The fourth-order valence-electron chi connectivity index (χ4n) is 1.93. The number of hydrogen-bond donors (Lipinski definition) is 0. The summed E-state index contributed by atoms with van der Waals surface area (Å²) in [5, 5.41) is 0. The number of aromatic nitrogens is 1. The molecule has 0 aliphatic rings. The molecule has 0 atom stereocenters. The third-order valence-electron chi connectivity index (χ3n) is 2.90. The summed E-state index contributed by atoms with van der Waals surface area (Å²) in [5.41, 5.74) is 4.31. The zero-order valence-corrected chi connectivity index (χ0v) is 11.4. The Labute approximate surface area is 109 Å². The Bertz CT molecular complexity index is 608. The Morgan fingerprint density at radius 2 is 2.06 bits per heavy atom. The van der Waals surface area contributed by atoms with Gasteiger partial charge in [-0.2, -0.15) is 0 Å². The van der Waals surface area contributed by atoms with Crippen LogP contribution in [0.25, 0.3) is 5.52 Å². The molecular weight excluding hydrogens is 222 g/mol. The normalized spacial score (nSPS) is 11.7. The first-order valence-corrected chi connectivity index (χ1v) is 6.12. The van der Waals surface area contributed by atoms with Crippen LogP contribution in [-0.2, 0) is 11.3 Å². The van der Waals surface area contributed by atoms with Gasteiger partial charge in [-0.25, -0.2) is 0 Å². The lowest BCUT2D eigenvalue weighted by molar-refractivity contribution is -0.0169. The fourth-order valence-corrected chi connectivity index (χ4v) is 1.93. The minimum atomic E-state index is -0.130. The number of rotatable bonds is 2. The zero-order valence-electron chi connectivity index (χ0n) is 11.4. The van der Waals surface area contributed by atoms with Crippen LogP contribution >= 0.6 is 0 Å². The molecule has 18 heavy (non-hydrogen) atoms. The molecule has 0 N–H and O–H groups in total. The van der Waals surface area contributed by atoms with Crippen molar-refractivity contribution in [3.8, 4) is 12.3 Å². The van der Waals surface area contributed by atoms with Crippen molar-refractivity contribution in [2.24, 2.45) is 0 Å². The van der Waals surface area contributed by atoms with Gasteiger partial charge in [-0.1, -0.05) is 5.92 Å². The molecule has 2 heteroatoms. The second-order valence-electron chi connectivity index (χ2n) is 5.53. The summed E-state index contributed by atoms with van der Waals surface area (Å²) in [5.74, 6) is 2.66. The van der Waals surface area contributed by atoms with E-state index in [1.807, 2.05) is 18.3 Å². The van der Waals surface area contributed by atoms with Gasteiger partial charge in [0.2, 0.25) is 0 Å². The molecular formula is C16H19NO. The van der Waals surface area contributed by atoms with Gasteiger partial charge in [0.15, 0.2) is 0 Å². The summed E-state index contributed by atoms with van der Waals surface area (Å²) < 4.78 is 8.00. The van der Waals surface area contributed by atoms with Crippen LogP contribution in [0.15, 0.2) is 24.4 Å². The Hall–Kier alpha value is -1.72. The van der Waals surface area contributed by atoms with Crippen LogP contribution in [0, 0.1) is 19.3 Å². The molecule has 2 aromatic heterocycles. The van der Waals surface area contributed by atoms with Gasteiger partial charge in [-0.3, -0.25) is 0 Å². The molecule has 0 spiro atoms. The second kappa shape index (κ2) is 4.51. The predicted octanol–water partition coefficient (Wildman–Crippen LogP) is 3.54. The van der Waals surface area contributed by atoms with E-state index in [2.05, 4.69) is 44.1 Å². The first-order valence-electron chi connectivity index (χ1n) is 6.12. The van der Waals surface area contributed by atoms with Gasteiger partial charge < -0.3 is 9.14 Å². The van der Waals surface area contributed by atoms with Gasteiger partial charge in [0.1, 0.15) is 0 Å². The molecule has 0 aliphatic heterocycles. The largest absolute Gasteiger partial charge is 0.370 e. The molecule has 0 radical (unpaired) electrons. The van der Waals surface area contributed by atoms with Crippen LogP contribution in [0.5, 0.6) is 0 Å². The van der Waals surface area contributed by atoms with Crippen molar-refractivity contribution in [3.05, 3.63) is 41.2 Å². The van der Waals surface area contributed by atoms with Crippen LogP contribution in [0.3, 0.4) is 0 Å². The lowest BCUT2D eigenvalue weighted by Gasteiger charge is -2.19. The predicted molar refractivity (Wildman–Crippen MR) is 74.6 cm³/mol. The summed E-state index contributed by atoms with van der Waals surface area (Å²) in [7, 11) is 0. The maximum atomic E-state index is 5.86. The highest BCUT2D eigenvalue weighted by Gasteiger charge is 2.13. The van der Waals surface area contributed by atoms with Gasteiger partial charge in [-0.05, 0) is 51.5 Å². The first-order chi connectivity index (χ1) is 8.40. The Kier molecular flexibility index (Phi) is 3.19. The average molecular weight is 241 g/mol. The molecule has 0 saturated carbocycles. The standard InChI is InChI=1S/C16H19NO/c1-6-13-7-8-17-14(10-13)9-12(2)15(17)11-18-16(3,4)5/h1,7-10H,11H2,2-5H3. The van der Waals surface area contributed by atoms with Crippen molar-refractivity contribution in [2.45, 2.75) is 39.9 Å². The van der Waals surface area contributed by atoms with E-state index in [4.69, 9.17) is 11.2 Å². The number of nitrogens with zero attached hydrogens (tertiary/aromatic N) is 1. The monoisotopic (exact) mass is 241 g/mol. The van der Waals surface area contributed by atoms with Crippen molar-refractivity contribution in [3.63, 3.8) is 0 Å². The number of aryl methyl sites for hydroxylation is 1. The highest BCUT2D eigenvalue weighted by Crippen LogP contribution is 2.20. The van der Waals surface area contributed by atoms with E-state index in [1.165, 1.54) is 11.3 Å². The van der Waals surface area contributed by atoms with E-state index in [-0.39, 0.29) is 5.60 Å². The minimum absolute atomic E-state index is 0.130. The molecule has 0 amide bonds. The third-order valence-corrected chi connectivity index (χ3v) is 2.90. The van der Waals surface area contributed by atoms with Gasteiger partial charge in [-0.15, -0.1) is 6.42 Å². The molecule has 0 bridgehead atoms. The van der Waals surface area contributed by atoms with E-state index >= 15 is 0 Å². The molecule has 0 unspecified atom stereocenters. The average Bonchev–Trinajstić information content (AvgIpc) is 2.60. The lowest BCUT2D eigenvalue weighted by atomic mass is 10.2. The molecule has 2 rings (SSSR count). The van der Waals surface area contributed by atoms with Crippen LogP contribution in [0.1, 0.15) is 37.6 Å². The van der Waals surface area contributed by atoms with Crippen molar-refractivity contribution < 1.29 is 4.74 Å². The van der Waals surface area contributed by atoms with E-state index in [0.717, 1.165) is 11.1 Å². The highest BCUT2D eigenvalue weighted by molar-refractivity contribution is 5.57. The third kappa shape index (κ3) is 2.57. The molecule has 0 fully saturated rings. The van der Waals surface area contributed by atoms with Gasteiger partial charge in [0, 0.05) is 17.3 Å². The van der Waals surface area contributed by atoms with Crippen molar-refractivity contribution in [2.75, 3.05) is 0 Å². The summed E-state index contributed by atoms with van der Waals surface area (Å²) in [6, 6.07) is 6.11. The summed E-state index contributed by atoms with van der Waals surface area (Å²) in [6.45, 7) is 8.90. The van der Waals surface area contributed by atoms with Crippen LogP contribution in [-0.4, -0.2) is 10.0 Å². The highest BCUT2D eigenvalue weighted by atomic mass is 16.5. The molecule has 0 aromatic carbocycles. The smallest absolute Gasteiger partial charge is 0.0881 e. The number of hydrogen-bond acceptors (Lipinski definition) is 1. The van der Waals surface area contributed by atoms with Crippen molar-refractivity contribution in [1.29, 1.82) is 0 Å². The van der Waals surface area contributed by atoms with Gasteiger partial charge in [0.05, 0.1) is 17.9 Å². The van der Waals surface area contributed by atoms with E-state index in [0.29, 0.717) is 6.61 Å². The minimum Gasteiger partial charge on any atom is -0.370 e. The Morgan fingerprint density at radius 1 is 1.33 bits per heavy atom. The molecule has 94 valence electrons. The van der Waals surface area contributed by atoms with Crippen LogP contribution in [0.4, 0.5) is 0 Å². The molecule has 0 saturated heterocycles. The SMILES string of the molecule is C#Cc1ccn2c(COC(C)(C)C)c(C)cc2c1. The number of pyridine rings is 1. The topological polar surface area (TPSA) is 13.6 Å². The number of terminal acetylenes is 1. The maximum absolute atomic E-state index is 5.86. The summed E-state index contributed by atoms with van der Waals surface area (Å²) in [4.78, 5) is 0.